The molecule has 150 valence electrons. The van der Waals surface area contributed by atoms with Gasteiger partial charge in [0.2, 0.25) is 10.0 Å². The number of anilines is 1. The second kappa shape index (κ2) is 9.41. The third-order valence-corrected chi connectivity index (χ3v) is 6.90. The van der Waals surface area contributed by atoms with Crippen molar-refractivity contribution in [1.82, 2.24) is 9.62 Å². The summed E-state index contributed by atoms with van der Waals surface area (Å²) < 4.78 is 26.7. The largest absolute Gasteiger partial charge is 0.369 e. The molecule has 0 aromatic heterocycles. The number of amides is 1. The number of nitrogens with one attached hydrogen (secondary N) is 1. The topological polar surface area (TPSA) is 69.7 Å². The van der Waals surface area contributed by atoms with Crippen LogP contribution < -0.4 is 10.2 Å². The van der Waals surface area contributed by atoms with Gasteiger partial charge in [0.05, 0.1) is 5.75 Å². The number of benzene rings is 2. The first-order valence-electron chi connectivity index (χ1n) is 9.27. The van der Waals surface area contributed by atoms with Crippen LogP contribution >= 0.6 is 11.6 Å². The Hall–Kier alpha value is -2.09. The Bertz CT molecular complexity index is 898. The molecule has 2 aromatic rings. The molecular weight excluding hydrogens is 398 g/mol. The molecule has 28 heavy (non-hydrogen) atoms. The maximum absolute atomic E-state index is 12.6. The number of sulfonamides is 1. The summed E-state index contributed by atoms with van der Waals surface area (Å²) in [4.78, 5) is 14.3. The van der Waals surface area contributed by atoms with Crippen LogP contribution in [-0.2, 0) is 10.0 Å². The van der Waals surface area contributed by atoms with E-state index in [1.54, 1.807) is 28.6 Å². The van der Waals surface area contributed by atoms with Gasteiger partial charge in [-0.15, -0.1) is 0 Å². The second-order valence-electron chi connectivity index (χ2n) is 6.66. The second-order valence-corrected chi connectivity index (χ2v) is 9.18. The number of carbonyl (C=O) groups is 1. The highest BCUT2D eigenvalue weighted by molar-refractivity contribution is 7.89. The van der Waals surface area contributed by atoms with Crippen LogP contribution in [0, 0.1) is 0 Å². The summed E-state index contributed by atoms with van der Waals surface area (Å²) in [6.45, 7) is 2.61. The van der Waals surface area contributed by atoms with Crippen LogP contribution in [0.25, 0.3) is 0 Å². The van der Waals surface area contributed by atoms with Crippen LogP contribution in [0.5, 0.6) is 0 Å². The lowest BCUT2D eigenvalue weighted by Gasteiger charge is -2.35. The molecule has 1 aliphatic heterocycles. The number of hydrogen-bond donors (Lipinski definition) is 1. The normalized spacial score (nSPS) is 15.4. The fraction of sp³-hybridized carbons (Fsp3) is 0.350. The van der Waals surface area contributed by atoms with Crippen LogP contribution in [0.2, 0.25) is 5.02 Å². The Balaban J connectivity index is 1.43. The molecule has 1 N–H and O–H groups in total. The minimum atomic E-state index is -3.32. The zero-order valence-corrected chi connectivity index (χ0v) is 17.1. The van der Waals surface area contributed by atoms with Crippen molar-refractivity contribution in [2.75, 3.05) is 43.4 Å². The predicted octanol–water partition coefficient (Wildman–Crippen LogP) is 2.61. The maximum atomic E-state index is 12.6. The first-order chi connectivity index (χ1) is 13.5. The summed E-state index contributed by atoms with van der Waals surface area (Å²) in [5.41, 5.74) is 1.58. The molecule has 1 heterocycles. The zero-order chi connectivity index (χ0) is 20.0. The highest BCUT2D eigenvalue weighted by atomic mass is 35.5. The van der Waals surface area contributed by atoms with E-state index in [9.17, 15) is 13.2 Å². The van der Waals surface area contributed by atoms with Crippen LogP contribution in [-0.4, -0.2) is 57.1 Å². The Labute approximate surface area is 171 Å². The van der Waals surface area contributed by atoms with Crippen molar-refractivity contribution in [3.05, 3.63) is 65.2 Å². The van der Waals surface area contributed by atoms with E-state index in [-0.39, 0.29) is 11.7 Å². The van der Waals surface area contributed by atoms with Gasteiger partial charge >= 0.3 is 0 Å². The van der Waals surface area contributed by atoms with Crippen molar-refractivity contribution < 1.29 is 13.2 Å². The first-order valence-corrected chi connectivity index (χ1v) is 11.3. The monoisotopic (exact) mass is 421 g/mol. The van der Waals surface area contributed by atoms with Crippen molar-refractivity contribution in [1.29, 1.82) is 0 Å². The molecule has 1 aliphatic rings. The van der Waals surface area contributed by atoms with Crippen LogP contribution in [0.1, 0.15) is 16.8 Å². The lowest BCUT2D eigenvalue weighted by Crippen LogP contribution is -2.49. The first kappa shape index (κ1) is 20.6. The predicted molar refractivity (Wildman–Crippen MR) is 112 cm³/mol. The summed E-state index contributed by atoms with van der Waals surface area (Å²) >= 11 is 5.88. The Morgan fingerprint density at radius 1 is 1.00 bits per heavy atom. The lowest BCUT2D eigenvalue weighted by atomic mass is 10.2. The minimum absolute atomic E-state index is 0.0220. The molecule has 1 saturated heterocycles. The molecule has 0 atom stereocenters. The zero-order valence-electron chi connectivity index (χ0n) is 15.6. The average molecular weight is 422 g/mol. The summed E-state index contributed by atoms with van der Waals surface area (Å²) in [7, 11) is -3.32. The van der Waals surface area contributed by atoms with Crippen molar-refractivity contribution in [3.63, 3.8) is 0 Å². The summed E-state index contributed by atoms with van der Waals surface area (Å²) in [6.07, 6.45) is 0.369. The van der Waals surface area contributed by atoms with Crippen molar-refractivity contribution in [3.8, 4) is 0 Å². The van der Waals surface area contributed by atoms with Crippen molar-refractivity contribution in [2.45, 2.75) is 6.42 Å². The van der Waals surface area contributed by atoms with E-state index in [2.05, 4.69) is 10.2 Å². The molecule has 0 aliphatic carbocycles. The summed E-state index contributed by atoms with van der Waals surface area (Å²) in [5, 5.41) is 3.23. The van der Waals surface area contributed by atoms with E-state index >= 15 is 0 Å². The Morgan fingerprint density at radius 2 is 1.71 bits per heavy atom. The number of nitrogens with zero attached hydrogens (tertiary/aromatic N) is 2. The number of hydrogen-bond acceptors (Lipinski definition) is 4. The number of halogens is 1. The molecule has 0 spiro atoms. The van der Waals surface area contributed by atoms with Gasteiger partial charge in [0.15, 0.2) is 0 Å². The van der Waals surface area contributed by atoms with Crippen molar-refractivity contribution >= 4 is 33.2 Å². The van der Waals surface area contributed by atoms with E-state index in [1.165, 1.54) is 0 Å². The number of rotatable bonds is 7. The molecule has 0 radical (unpaired) electrons. The number of carbonyl (C=O) groups excluding carboxylic acids is 1. The molecule has 0 saturated carbocycles. The molecule has 1 amide bonds. The van der Waals surface area contributed by atoms with Gasteiger partial charge in [-0.1, -0.05) is 35.9 Å². The van der Waals surface area contributed by atoms with Crippen molar-refractivity contribution in [2.24, 2.45) is 0 Å². The van der Waals surface area contributed by atoms with Gasteiger partial charge in [-0.05, 0) is 36.8 Å². The third kappa shape index (κ3) is 5.47. The van der Waals surface area contributed by atoms with Gasteiger partial charge in [-0.25, -0.2) is 8.42 Å². The molecule has 0 unspecified atom stereocenters. The van der Waals surface area contributed by atoms with Gasteiger partial charge in [0.1, 0.15) is 0 Å². The Morgan fingerprint density at radius 3 is 2.39 bits per heavy atom. The quantitative estimate of drug-likeness (QED) is 0.698. The van der Waals surface area contributed by atoms with Gasteiger partial charge in [0, 0.05) is 49.0 Å². The number of piperazine rings is 1. The molecule has 8 heteroatoms. The van der Waals surface area contributed by atoms with E-state index in [0.717, 1.165) is 5.69 Å². The van der Waals surface area contributed by atoms with Gasteiger partial charge in [-0.3, -0.25) is 4.79 Å². The number of para-hydroxylation sites is 1. The van der Waals surface area contributed by atoms with E-state index < -0.39 is 10.0 Å². The van der Waals surface area contributed by atoms with Crippen LogP contribution in [0.3, 0.4) is 0 Å². The average Bonchev–Trinajstić information content (AvgIpc) is 2.72. The standard InChI is InChI=1S/C20H24ClN3O3S/c21-18-7-4-6-17(16-18)20(25)22-10-5-15-28(26,27)24-13-11-23(12-14-24)19-8-2-1-3-9-19/h1-4,6-9,16H,5,10-15H2,(H,22,25). The molecule has 0 bridgehead atoms. The SMILES string of the molecule is O=C(NCCCS(=O)(=O)N1CCN(c2ccccc2)CC1)c1cccc(Cl)c1. The maximum Gasteiger partial charge on any atom is 0.251 e. The van der Waals surface area contributed by atoms with Crippen LogP contribution in [0.15, 0.2) is 54.6 Å². The lowest BCUT2D eigenvalue weighted by molar-refractivity contribution is 0.0953. The highest BCUT2D eigenvalue weighted by Crippen LogP contribution is 2.17. The summed E-state index contributed by atoms with van der Waals surface area (Å²) in [5.74, 6) is -0.231. The molecule has 6 nitrogen and oxygen atoms in total. The molecule has 2 aromatic carbocycles. The molecule has 1 fully saturated rings. The van der Waals surface area contributed by atoms with Gasteiger partial charge < -0.3 is 10.2 Å². The molecular formula is C20H24ClN3O3S. The third-order valence-electron chi connectivity index (χ3n) is 4.70. The van der Waals surface area contributed by atoms with Gasteiger partial charge in [-0.2, -0.15) is 4.31 Å². The highest BCUT2D eigenvalue weighted by Gasteiger charge is 2.26. The molecule has 3 rings (SSSR count). The van der Waals surface area contributed by atoms with Gasteiger partial charge in [0.25, 0.3) is 5.91 Å². The van der Waals surface area contributed by atoms with E-state index in [0.29, 0.717) is 49.7 Å². The summed E-state index contributed by atoms with van der Waals surface area (Å²) in [6, 6.07) is 16.7. The van der Waals surface area contributed by atoms with E-state index in [4.69, 9.17) is 11.6 Å². The fourth-order valence-electron chi connectivity index (χ4n) is 3.18. The fourth-order valence-corrected chi connectivity index (χ4v) is 4.86. The minimum Gasteiger partial charge on any atom is -0.369 e. The smallest absolute Gasteiger partial charge is 0.251 e. The Kier molecular flexibility index (Phi) is 6.93. The van der Waals surface area contributed by atoms with Crippen LogP contribution in [0.4, 0.5) is 5.69 Å². The van der Waals surface area contributed by atoms with E-state index in [1.807, 2.05) is 30.3 Å².